The molecule has 1 saturated heterocycles. The van der Waals surface area contributed by atoms with Gasteiger partial charge in [0.2, 0.25) is 0 Å². The minimum absolute atomic E-state index is 0. The molecule has 2 rings (SSSR count). The average Bonchev–Trinajstić information content (AvgIpc) is 2.39. The molecule has 1 aromatic carbocycles. The van der Waals surface area contributed by atoms with E-state index in [1.54, 1.807) is 13.2 Å². The summed E-state index contributed by atoms with van der Waals surface area (Å²) >= 11 is 0. The van der Waals surface area contributed by atoms with Crippen LogP contribution in [0.4, 0.5) is 0 Å². The SMILES string of the molecule is CO[C@]1(c2cccc(C=O)c2)COCCN1.Cl. The zero-order chi connectivity index (χ0) is 11.4. The van der Waals surface area contributed by atoms with Crippen LogP contribution in [0.25, 0.3) is 0 Å². The van der Waals surface area contributed by atoms with Gasteiger partial charge in [0.15, 0.2) is 5.72 Å². The molecule has 17 heavy (non-hydrogen) atoms. The summed E-state index contributed by atoms with van der Waals surface area (Å²) in [5.74, 6) is 0. The maximum Gasteiger partial charge on any atom is 0.168 e. The molecule has 0 saturated carbocycles. The summed E-state index contributed by atoms with van der Waals surface area (Å²) in [6.45, 7) is 1.86. The smallest absolute Gasteiger partial charge is 0.168 e. The Bertz CT molecular complexity index is 378. The molecule has 4 nitrogen and oxygen atoms in total. The average molecular weight is 258 g/mol. The Kier molecular flexibility index (Phi) is 5.08. The number of halogens is 1. The molecular formula is C12H16ClNO3. The van der Waals surface area contributed by atoms with Crippen molar-refractivity contribution in [3.05, 3.63) is 35.4 Å². The summed E-state index contributed by atoms with van der Waals surface area (Å²) in [5.41, 5.74) is 0.928. The van der Waals surface area contributed by atoms with Gasteiger partial charge in [-0.2, -0.15) is 0 Å². The van der Waals surface area contributed by atoms with Gasteiger partial charge in [0.05, 0.1) is 13.2 Å². The maximum absolute atomic E-state index is 10.7. The van der Waals surface area contributed by atoms with E-state index >= 15 is 0 Å². The molecular weight excluding hydrogens is 242 g/mol. The van der Waals surface area contributed by atoms with E-state index < -0.39 is 5.72 Å². The molecule has 0 aromatic heterocycles. The Morgan fingerprint density at radius 2 is 2.35 bits per heavy atom. The van der Waals surface area contributed by atoms with E-state index in [0.29, 0.717) is 18.8 Å². The monoisotopic (exact) mass is 257 g/mol. The number of morpholine rings is 1. The quantitative estimate of drug-likeness (QED) is 0.831. The third-order valence-electron chi connectivity index (χ3n) is 2.80. The zero-order valence-electron chi connectivity index (χ0n) is 9.64. The van der Waals surface area contributed by atoms with Crippen LogP contribution in [0.1, 0.15) is 15.9 Å². The van der Waals surface area contributed by atoms with Crippen molar-refractivity contribution >= 4 is 18.7 Å². The van der Waals surface area contributed by atoms with Crippen LogP contribution in [0.2, 0.25) is 0 Å². The molecule has 1 aliphatic heterocycles. The summed E-state index contributed by atoms with van der Waals surface area (Å²) < 4.78 is 10.9. The number of ether oxygens (including phenoxy) is 2. The fraction of sp³-hybridized carbons (Fsp3) is 0.417. The maximum atomic E-state index is 10.7. The normalized spacial score (nSPS) is 23.8. The van der Waals surface area contributed by atoms with Gasteiger partial charge in [0.25, 0.3) is 0 Å². The predicted molar refractivity (Wildman–Crippen MR) is 66.6 cm³/mol. The lowest BCUT2D eigenvalue weighted by Gasteiger charge is -2.37. The highest BCUT2D eigenvalue weighted by molar-refractivity contribution is 5.85. The number of hydrogen-bond donors (Lipinski definition) is 1. The molecule has 1 atom stereocenters. The Hall–Kier alpha value is -0.940. The Morgan fingerprint density at radius 1 is 1.53 bits per heavy atom. The molecule has 5 heteroatoms. The van der Waals surface area contributed by atoms with Crippen molar-refractivity contribution in [3.63, 3.8) is 0 Å². The fourth-order valence-corrected chi connectivity index (χ4v) is 1.89. The van der Waals surface area contributed by atoms with Crippen LogP contribution >= 0.6 is 12.4 Å². The van der Waals surface area contributed by atoms with E-state index in [4.69, 9.17) is 9.47 Å². The highest BCUT2D eigenvalue weighted by atomic mass is 35.5. The van der Waals surface area contributed by atoms with Gasteiger partial charge >= 0.3 is 0 Å². The van der Waals surface area contributed by atoms with Crippen molar-refractivity contribution in [2.24, 2.45) is 0 Å². The van der Waals surface area contributed by atoms with Gasteiger partial charge in [-0.1, -0.05) is 18.2 Å². The highest BCUT2D eigenvalue weighted by Crippen LogP contribution is 2.25. The Labute approximate surface area is 107 Å². The van der Waals surface area contributed by atoms with E-state index in [9.17, 15) is 4.79 Å². The second-order valence-corrected chi connectivity index (χ2v) is 3.75. The van der Waals surface area contributed by atoms with Gasteiger partial charge in [-0.25, -0.2) is 0 Å². The molecule has 0 unspecified atom stereocenters. The van der Waals surface area contributed by atoms with Crippen molar-refractivity contribution < 1.29 is 14.3 Å². The molecule has 0 spiro atoms. The second kappa shape index (κ2) is 6.12. The number of rotatable bonds is 3. The van der Waals surface area contributed by atoms with Gasteiger partial charge in [-0.15, -0.1) is 12.4 Å². The van der Waals surface area contributed by atoms with Crippen LogP contribution in [-0.4, -0.2) is 33.2 Å². The topological polar surface area (TPSA) is 47.6 Å². The molecule has 0 radical (unpaired) electrons. The van der Waals surface area contributed by atoms with Crippen LogP contribution in [0.5, 0.6) is 0 Å². The van der Waals surface area contributed by atoms with E-state index in [2.05, 4.69) is 5.32 Å². The highest BCUT2D eigenvalue weighted by Gasteiger charge is 2.34. The van der Waals surface area contributed by atoms with Gasteiger partial charge in [-0.05, 0) is 6.07 Å². The van der Waals surface area contributed by atoms with Crippen LogP contribution in [0, 0.1) is 0 Å². The van der Waals surface area contributed by atoms with Crippen LogP contribution in [-0.2, 0) is 15.2 Å². The van der Waals surface area contributed by atoms with Gasteiger partial charge < -0.3 is 9.47 Å². The minimum Gasteiger partial charge on any atom is -0.375 e. The largest absolute Gasteiger partial charge is 0.375 e. The van der Waals surface area contributed by atoms with Gasteiger partial charge in [-0.3, -0.25) is 10.1 Å². The number of nitrogens with one attached hydrogen (secondary N) is 1. The number of aldehydes is 1. The molecule has 1 aromatic rings. The Balaban J connectivity index is 0.00000144. The number of hydrogen-bond acceptors (Lipinski definition) is 4. The Morgan fingerprint density at radius 3 is 2.94 bits per heavy atom. The molecule has 0 amide bonds. The molecule has 0 bridgehead atoms. The van der Waals surface area contributed by atoms with Gasteiger partial charge in [0, 0.05) is 24.8 Å². The first-order valence-corrected chi connectivity index (χ1v) is 5.24. The van der Waals surface area contributed by atoms with Gasteiger partial charge in [0.1, 0.15) is 6.29 Å². The predicted octanol–water partition coefficient (Wildman–Crippen LogP) is 1.34. The number of benzene rings is 1. The molecule has 1 heterocycles. The lowest BCUT2D eigenvalue weighted by atomic mass is 10.0. The van der Waals surface area contributed by atoms with E-state index in [-0.39, 0.29) is 12.4 Å². The number of methoxy groups -OCH3 is 1. The molecule has 1 N–H and O–H groups in total. The second-order valence-electron chi connectivity index (χ2n) is 3.75. The minimum atomic E-state index is -0.628. The summed E-state index contributed by atoms with van der Waals surface area (Å²) in [4.78, 5) is 10.7. The van der Waals surface area contributed by atoms with Crippen molar-refractivity contribution in [1.29, 1.82) is 0 Å². The lowest BCUT2D eigenvalue weighted by Crippen LogP contribution is -2.53. The molecule has 94 valence electrons. The van der Waals surface area contributed by atoms with Crippen molar-refractivity contribution in [3.8, 4) is 0 Å². The summed E-state index contributed by atoms with van der Waals surface area (Å²) in [6, 6.07) is 7.36. The molecule has 0 aliphatic carbocycles. The summed E-state index contributed by atoms with van der Waals surface area (Å²) in [6.07, 6.45) is 0.830. The number of carbonyl (C=O) groups excluding carboxylic acids is 1. The fourth-order valence-electron chi connectivity index (χ4n) is 1.89. The van der Waals surface area contributed by atoms with E-state index in [1.165, 1.54) is 0 Å². The first-order valence-electron chi connectivity index (χ1n) is 5.24. The standard InChI is InChI=1S/C12H15NO3.ClH/c1-15-12(9-16-6-5-13-12)11-4-2-3-10(7-11)8-14;/h2-4,7-8,13H,5-6,9H2,1H3;1H/t12-;/m0./s1. The van der Waals surface area contributed by atoms with Crippen molar-refractivity contribution in [2.45, 2.75) is 5.72 Å². The molecule has 1 fully saturated rings. The van der Waals surface area contributed by atoms with Crippen LogP contribution in [0.3, 0.4) is 0 Å². The van der Waals surface area contributed by atoms with E-state index in [1.807, 2.05) is 18.2 Å². The third kappa shape index (κ3) is 2.84. The van der Waals surface area contributed by atoms with Crippen LogP contribution < -0.4 is 5.32 Å². The summed E-state index contributed by atoms with van der Waals surface area (Å²) in [5, 5.41) is 3.29. The van der Waals surface area contributed by atoms with Crippen molar-refractivity contribution in [2.75, 3.05) is 26.9 Å². The number of carbonyl (C=O) groups is 1. The third-order valence-corrected chi connectivity index (χ3v) is 2.80. The van der Waals surface area contributed by atoms with Crippen molar-refractivity contribution in [1.82, 2.24) is 5.32 Å². The summed E-state index contributed by atoms with van der Waals surface area (Å²) in [7, 11) is 1.63. The first-order chi connectivity index (χ1) is 7.80. The zero-order valence-corrected chi connectivity index (χ0v) is 10.5. The van der Waals surface area contributed by atoms with Crippen LogP contribution in [0.15, 0.2) is 24.3 Å². The van der Waals surface area contributed by atoms with E-state index in [0.717, 1.165) is 18.4 Å². The molecule has 1 aliphatic rings. The first kappa shape index (κ1) is 14.1. The lowest BCUT2D eigenvalue weighted by molar-refractivity contribution is -0.130.